The van der Waals surface area contributed by atoms with Crippen molar-refractivity contribution in [2.24, 2.45) is 35.5 Å². The molecule has 9 aromatic rings. The van der Waals surface area contributed by atoms with E-state index in [2.05, 4.69) is 84.8 Å². The number of nitriles is 3. The fraction of sp³-hybridized carbons (Fsp3) is 0.238. The van der Waals surface area contributed by atoms with Crippen LogP contribution in [0.2, 0.25) is 0 Å². The quantitative estimate of drug-likeness (QED) is 0.0620. The van der Waals surface area contributed by atoms with E-state index in [9.17, 15) is 14.4 Å². The predicted molar refractivity (Wildman–Crippen MR) is 314 cm³/mol. The van der Waals surface area contributed by atoms with E-state index in [1.807, 2.05) is 91.4 Å². The minimum Gasteiger partial charge on any atom is -0.398 e. The normalized spacial score (nSPS) is 18.1. The minimum absolute atomic E-state index is 0.155. The van der Waals surface area contributed by atoms with Gasteiger partial charge in [-0.05, 0) is 161 Å². The summed E-state index contributed by atoms with van der Waals surface area (Å²) in [6.45, 7) is 6.31. The standard InChI is InChI=1S/3C21H19N5O/c3*1-2-12-3-4-24-10-17(12)13-5-14-8-20(25-11-18(14)19(23)7-13)26-21(27)16-6-15(16)9-22/h3*3-5,7-8,10-11,15-16H,2,6,23H2,1H3,(H,25,26,27)/t2*15-,16+;/m10./s1. The predicted octanol–water partition coefficient (Wildman–Crippen LogP) is 10.6. The number of rotatable bonds is 12. The molecular formula is C63H57N15O3. The Morgan fingerprint density at radius 1 is 0.457 bits per heavy atom. The third-order valence-corrected chi connectivity index (χ3v) is 15.0. The van der Waals surface area contributed by atoms with Crippen LogP contribution in [0.1, 0.15) is 56.7 Å². The third-order valence-electron chi connectivity index (χ3n) is 15.0. The second-order valence-corrected chi connectivity index (χ2v) is 20.4. The van der Waals surface area contributed by atoms with Gasteiger partial charge in [-0.2, -0.15) is 15.8 Å². The molecule has 6 heterocycles. The zero-order valence-corrected chi connectivity index (χ0v) is 44.8. The molecule has 3 amide bonds. The molecule has 3 aliphatic carbocycles. The number of nitrogen functional groups attached to an aromatic ring is 3. The molecule has 81 heavy (non-hydrogen) atoms. The van der Waals surface area contributed by atoms with Gasteiger partial charge in [-0.15, -0.1) is 0 Å². The first-order valence-corrected chi connectivity index (χ1v) is 26.8. The van der Waals surface area contributed by atoms with E-state index in [0.29, 0.717) is 53.8 Å². The molecular weight excluding hydrogens is 1010 g/mol. The number of hydrogen-bond donors (Lipinski definition) is 6. The largest absolute Gasteiger partial charge is 0.398 e. The molecule has 3 aliphatic rings. The number of benzene rings is 3. The Kier molecular flexibility index (Phi) is 15.5. The van der Waals surface area contributed by atoms with Crippen molar-refractivity contribution in [3.05, 3.63) is 145 Å². The van der Waals surface area contributed by atoms with Gasteiger partial charge in [0.2, 0.25) is 17.7 Å². The summed E-state index contributed by atoms with van der Waals surface area (Å²) in [7, 11) is 0. The summed E-state index contributed by atoms with van der Waals surface area (Å²) in [5.74, 6) is -0.278. The van der Waals surface area contributed by atoms with Crippen LogP contribution in [-0.4, -0.2) is 47.6 Å². The minimum atomic E-state index is -0.230. The Hall–Kier alpha value is -10.4. The van der Waals surface area contributed by atoms with Crippen LogP contribution < -0.4 is 33.2 Å². The zero-order valence-electron chi connectivity index (χ0n) is 44.8. The number of nitrogens with zero attached hydrogens (tertiary/aromatic N) is 9. The molecule has 3 fully saturated rings. The summed E-state index contributed by atoms with van der Waals surface area (Å²) in [4.78, 5) is 62.2. The topological polar surface area (TPSA) is 314 Å². The summed E-state index contributed by atoms with van der Waals surface area (Å²) in [6, 6.07) is 29.8. The SMILES string of the molecule is CCc1ccncc1-c1cc(N)c2cnc(NC(=O)C3CC3C#N)cc2c1.CCc1ccncc1-c1cc(N)c2cnc(NC(=O)[C@@H]3C[C@H]3C#N)cc2c1.CCc1ccncc1-c1cc(N)c2cnc(NC(=O)[C@H]3C[C@@H]3C#N)cc2c1. The monoisotopic (exact) mass is 1070 g/mol. The highest BCUT2D eigenvalue weighted by atomic mass is 16.2. The second-order valence-electron chi connectivity index (χ2n) is 20.4. The number of aromatic nitrogens is 6. The average molecular weight is 1070 g/mol. The van der Waals surface area contributed by atoms with E-state index < -0.39 is 0 Å². The van der Waals surface area contributed by atoms with Gasteiger partial charge >= 0.3 is 0 Å². The van der Waals surface area contributed by atoms with Crippen LogP contribution in [0, 0.1) is 69.5 Å². The summed E-state index contributed by atoms with van der Waals surface area (Å²) >= 11 is 0. The number of nitrogens with one attached hydrogen (secondary N) is 3. The highest BCUT2D eigenvalue weighted by molar-refractivity contribution is 6.03. The van der Waals surface area contributed by atoms with Crippen molar-refractivity contribution >= 4 is 84.6 Å². The van der Waals surface area contributed by atoms with Gasteiger partial charge in [-0.1, -0.05) is 20.8 Å². The maximum absolute atomic E-state index is 12.2. The van der Waals surface area contributed by atoms with Gasteiger partial charge in [0, 0.05) is 106 Å². The van der Waals surface area contributed by atoms with Gasteiger partial charge in [0.15, 0.2) is 0 Å². The van der Waals surface area contributed by atoms with Gasteiger partial charge < -0.3 is 33.2 Å². The molecule has 3 saturated carbocycles. The number of anilines is 6. The summed E-state index contributed by atoms with van der Waals surface area (Å²) < 4.78 is 0. The molecule has 3 aromatic carbocycles. The molecule has 0 radical (unpaired) electrons. The number of carbonyl (C=O) groups excluding carboxylic acids is 3. The number of amides is 3. The number of pyridine rings is 6. The van der Waals surface area contributed by atoms with Crippen molar-refractivity contribution in [3.63, 3.8) is 0 Å². The molecule has 9 N–H and O–H groups in total. The van der Waals surface area contributed by atoms with E-state index in [1.54, 1.807) is 37.2 Å². The van der Waals surface area contributed by atoms with Crippen LogP contribution in [0.5, 0.6) is 0 Å². The molecule has 0 aliphatic heterocycles. The van der Waals surface area contributed by atoms with E-state index in [-0.39, 0.29) is 53.2 Å². The molecule has 6 aromatic heterocycles. The van der Waals surface area contributed by atoms with Gasteiger partial charge in [0.05, 0.1) is 53.7 Å². The maximum Gasteiger partial charge on any atom is 0.230 e. The zero-order chi connectivity index (χ0) is 56.9. The highest BCUT2D eigenvalue weighted by Gasteiger charge is 2.45. The van der Waals surface area contributed by atoms with E-state index in [1.165, 1.54) is 16.7 Å². The van der Waals surface area contributed by atoms with Gasteiger partial charge in [-0.3, -0.25) is 29.3 Å². The lowest BCUT2D eigenvalue weighted by atomic mass is 9.97. The van der Waals surface area contributed by atoms with Crippen molar-refractivity contribution in [2.45, 2.75) is 59.3 Å². The number of carbonyl (C=O) groups is 3. The van der Waals surface area contributed by atoms with E-state index in [0.717, 1.165) is 85.0 Å². The highest BCUT2D eigenvalue weighted by Crippen LogP contribution is 2.41. The van der Waals surface area contributed by atoms with Crippen molar-refractivity contribution in [3.8, 4) is 51.6 Å². The first-order chi connectivity index (χ1) is 39.3. The molecule has 0 bridgehead atoms. The summed E-state index contributed by atoms with van der Waals surface area (Å²) in [6.07, 6.45) is 20.5. The van der Waals surface area contributed by atoms with Crippen molar-refractivity contribution < 1.29 is 14.4 Å². The Bertz CT molecular complexity index is 3670. The average Bonchev–Trinajstić information content (AvgIpc) is 4.55. The van der Waals surface area contributed by atoms with E-state index in [4.69, 9.17) is 33.0 Å². The Labute approximate surface area is 467 Å². The van der Waals surface area contributed by atoms with Crippen LogP contribution in [-0.2, 0) is 33.6 Å². The molecule has 6 atom stereocenters. The van der Waals surface area contributed by atoms with Gasteiger partial charge in [0.25, 0.3) is 0 Å². The molecule has 18 nitrogen and oxygen atoms in total. The van der Waals surface area contributed by atoms with Crippen molar-refractivity contribution in [1.82, 2.24) is 29.9 Å². The van der Waals surface area contributed by atoms with Crippen LogP contribution in [0.4, 0.5) is 34.5 Å². The molecule has 12 rings (SSSR count). The number of fused-ring (bicyclic) bond motifs is 3. The van der Waals surface area contributed by atoms with Crippen molar-refractivity contribution in [1.29, 1.82) is 15.8 Å². The Balaban J connectivity index is 0.000000136. The van der Waals surface area contributed by atoms with Gasteiger partial charge in [-0.25, -0.2) is 15.0 Å². The van der Waals surface area contributed by atoms with Gasteiger partial charge in [0.1, 0.15) is 17.5 Å². The Morgan fingerprint density at radius 3 is 0.988 bits per heavy atom. The number of nitrogens with two attached hydrogens (primary N) is 3. The molecule has 402 valence electrons. The van der Waals surface area contributed by atoms with Crippen LogP contribution in [0.15, 0.2) is 129 Å². The fourth-order valence-corrected chi connectivity index (χ4v) is 10.0. The third kappa shape index (κ3) is 11.9. The second kappa shape index (κ2) is 23.3. The van der Waals surface area contributed by atoms with Crippen LogP contribution in [0.25, 0.3) is 65.7 Å². The fourth-order valence-electron chi connectivity index (χ4n) is 10.0. The lowest BCUT2D eigenvalue weighted by Crippen LogP contribution is -2.15. The molecule has 18 heteroatoms. The van der Waals surface area contributed by atoms with E-state index >= 15 is 0 Å². The first-order valence-electron chi connectivity index (χ1n) is 26.8. The smallest absolute Gasteiger partial charge is 0.230 e. The van der Waals surface area contributed by atoms with Crippen molar-refractivity contribution in [2.75, 3.05) is 33.2 Å². The number of hydrogen-bond acceptors (Lipinski definition) is 15. The molecule has 2 unspecified atom stereocenters. The lowest BCUT2D eigenvalue weighted by molar-refractivity contribution is -0.118. The summed E-state index contributed by atoms with van der Waals surface area (Å²) in [5, 5.41) is 40.3. The maximum atomic E-state index is 12.2. The van der Waals surface area contributed by atoms with Crippen LogP contribution in [0.3, 0.4) is 0 Å². The first kappa shape index (κ1) is 54.0. The molecule has 0 spiro atoms. The lowest BCUT2D eigenvalue weighted by Gasteiger charge is -2.11. The number of aryl methyl sites for hydroxylation is 3. The molecule has 0 saturated heterocycles. The summed E-state index contributed by atoms with van der Waals surface area (Å²) in [5.41, 5.74) is 30.3. The Morgan fingerprint density at radius 2 is 0.741 bits per heavy atom. The van der Waals surface area contributed by atoms with Crippen LogP contribution >= 0.6 is 0 Å².